The third-order valence-corrected chi connectivity index (χ3v) is 5.24. The summed E-state index contributed by atoms with van der Waals surface area (Å²) in [6, 6.07) is 8.92. The number of nitrogens with zero attached hydrogens (tertiary/aromatic N) is 1. The number of hydrogen-bond acceptors (Lipinski definition) is 4. The van der Waals surface area contributed by atoms with Gasteiger partial charge in [0, 0.05) is 24.4 Å². The van der Waals surface area contributed by atoms with E-state index in [0.717, 1.165) is 18.0 Å². The maximum Gasteiger partial charge on any atom is 0.161 e. The summed E-state index contributed by atoms with van der Waals surface area (Å²) in [6.45, 7) is 1.08. The lowest BCUT2D eigenvalue weighted by Crippen LogP contribution is -2.32. The normalized spacial score (nSPS) is 25.6. The molecule has 3 atom stereocenters. The Kier molecular flexibility index (Phi) is 3.69. The smallest absolute Gasteiger partial charge is 0.161 e. The number of methoxy groups -OCH3 is 2. The van der Waals surface area contributed by atoms with Crippen LogP contribution >= 0.6 is 0 Å². The van der Waals surface area contributed by atoms with Gasteiger partial charge in [-0.2, -0.15) is 0 Å². The van der Waals surface area contributed by atoms with Gasteiger partial charge in [0.15, 0.2) is 11.5 Å². The summed E-state index contributed by atoms with van der Waals surface area (Å²) < 4.78 is 11.1. The monoisotopic (exact) mass is 310 g/mol. The molecule has 4 heteroatoms. The van der Waals surface area contributed by atoms with Gasteiger partial charge >= 0.3 is 0 Å². The lowest BCUT2D eigenvalue weighted by Gasteiger charge is -2.31. The third kappa shape index (κ3) is 2.29. The minimum Gasteiger partial charge on any atom is -0.493 e. The second-order valence-corrected chi connectivity index (χ2v) is 6.34. The standard InChI is InChI=1S/C19H22N2O2/c1-22-16-9-14-15(10-17(16)23-2)19-13(6-4-8-21-19)18(14)12-5-3-7-20-11-12/h3,5,7,9-11,13,18-19,21H,4,6,8H2,1-2H3/t13-,18+,19-/m1/s1. The predicted molar refractivity (Wildman–Crippen MR) is 89.1 cm³/mol. The van der Waals surface area contributed by atoms with Gasteiger partial charge in [-0.1, -0.05) is 6.07 Å². The van der Waals surface area contributed by atoms with Gasteiger partial charge in [0.1, 0.15) is 0 Å². The van der Waals surface area contributed by atoms with Gasteiger partial charge in [0.25, 0.3) is 0 Å². The van der Waals surface area contributed by atoms with Crippen LogP contribution in [0, 0.1) is 5.92 Å². The van der Waals surface area contributed by atoms with Gasteiger partial charge in [-0.15, -0.1) is 0 Å². The highest BCUT2D eigenvalue weighted by Crippen LogP contribution is 2.53. The van der Waals surface area contributed by atoms with Crippen LogP contribution in [0.1, 0.15) is 41.5 Å². The second kappa shape index (κ2) is 5.85. The van der Waals surface area contributed by atoms with Crippen LogP contribution in [0.15, 0.2) is 36.7 Å². The summed E-state index contributed by atoms with van der Waals surface area (Å²) >= 11 is 0. The molecule has 0 radical (unpaired) electrons. The molecule has 1 fully saturated rings. The molecule has 1 aliphatic carbocycles. The fourth-order valence-electron chi connectivity index (χ4n) is 4.28. The van der Waals surface area contributed by atoms with E-state index in [4.69, 9.17) is 9.47 Å². The minimum absolute atomic E-state index is 0.372. The molecule has 4 nitrogen and oxygen atoms in total. The van der Waals surface area contributed by atoms with E-state index in [1.54, 1.807) is 14.2 Å². The molecule has 0 bridgehead atoms. The van der Waals surface area contributed by atoms with Crippen molar-refractivity contribution in [2.75, 3.05) is 20.8 Å². The van der Waals surface area contributed by atoms with Gasteiger partial charge in [-0.3, -0.25) is 4.98 Å². The minimum atomic E-state index is 0.372. The van der Waals surface area contributed by atoms with E-state index in [1.165, 1.54) is 29.5 Å². The highest BCUT2D eigenvalue weighted by molar-refractivity contribution is 5.55. The molecule has 2 heterocycles. The maximum absolute atomic E-state index is 5.54. The molecule has 1 aromatic carbocycles. The number of ether oxygens (including phenoxy) is 2. The van der Waals surface area contributed by atoms with Crippen molar-refractivity contribution in [1.82, 2.24) is 10.3 Å². The van der Waals surface area contributed by atoms with Crippen LogP contribution < -0.4 is 14.8 Å². The quantitative estimate of drug-likeness (QED) is 0.945. The lowest BCUT2D eigenvalue weighted by molar-refractivity contribution is 0.286. The molecular weight excluding hydrogens is 288 g/mol. The Balaban J connectivity index is 1.88. The van der Waals surface area contributed by atoms with E-state index in [9.17, 15) is 0 Å². The summed E-state index contributed by atoms with van der Waals surface area (Å²) in [4.78, 5) is 4.34. The van der Waals surface area contributed by atoms with E-state index in [1.807, 2.05) is 18.5 Å². The number of fused-ring (bicyclic) bond motifs is 3. The summed E-state index contributed by atoms with van der Waals surface area (Å²) in [5.41, 5.74) is 3.98. The Hall–Kier alpha value is -2.07. The molecule has 4 rings (SSSR count). The topological polar surface area (TPSA) is 43.4 Å². The van der Waals surface area contributed by atoms with Crippen molar-refractivity contribution in [2.24, 2.45) is 5.92 Å². The fraction of sp³-hybridized carbons (Fsp3) is 0.421. The molecule has 23 heavy (non-hydrogen) atoms. The zero-order valence-electron chi connectivity index (χ0n) is 13.6. The SMILES string of the molecule is COc1cc2c(cc1OC)[C@@H]1NCCC[C@@H]1[C@@H]2c1cccnc1. The molecule has 0 unspecified atom stereocenters. The van der Waals surface area contributed by atoms with Crippen molar-refractivity contribution in [1.29, 1.82) is 0 Å². The fourth-order valence-corrected chi connectivity index (χ4v) is 4.28. The average molecular weight is 310 g/mol. The van der Waals surface area contributed by atoms with Crippen molar-refractivity contribution in [2.45, 2.75) is 24.8 Å². The molecule has 1 aliphatic heterocycles. The van der Waals surface area contributed by atoms with E-state index >= 15 is 0 Å². The van der Waals surface area contributed by atoms with Crippen LogP contribution in [-0.2, 0) is 0 Å². The molecule has 2 aliphatic rings. The molecule has 1 aromatic heterocycles. The second-order valence-electron chi connectivity index (χ2n) is 6.34. The highest BCUT2D eigenvalue weighted by Gasteiger charge is 2.43. The van der Waals surface area contributed by atoms with E-state index in [2.05, 4.69) is 28.5 Å². The Bertz CT molecular complexity index is 702. The summed E-state index contributed by atoms with van der Waals surface area (Å²) in [5, 5.41) is 3.71. The van der Waals surface area contributed by atoms with Gasteiger partial charge in [-0.25, -0.2) is 0 Å². The first-order valence-electron chi connectivity index (χ1n) is 8.22. The average Bonchev–Trinajstić information content (AvgIpc) is 2.94. The van der Waals surface area contributed by atoms with E-state index in [-0.39, 0.29) is 0 Å². The number of pyridine rings is 1. The number of nitrogens with one attached hydrogen (secondary N) is 1. The van der Waals surface area contributed by atoms with Crippen molar-refractivity contribution >= 4 is 0 Å². The first-order valence-corrected chi connectivity index (χ1v) is 8.22. The van der Waals surface area contributed by atoms with E-state index in [0.29, 0.717) is 17.9 Å². The number of aromatic nitrogens is 1. The van der Waals surface area contributed by atoms with E-state index < -0.39 is 0 Å². The Labute approximate surface area is 136 Å². The van der Waals surface area contributed by atoms with Crippen molar-refractivity contribution in [3.8, 4) is 11.5 Å². The van der Waals surface area contributed by atoms with Crippen molar-refractivity contribution in [3.05, 3.63) is 53.3 Å². The molecule has 0 spiro atoms. The Morgan fingerprint density at radius 2 is 1.91 bits per heavy atom. The van der Waals surface area contributed by atoms with Gasteiger partial charge in [-0.05, 0) is 60.2 Å². The van der Waals surface area contributed by atoms with Gasteiger partial charge in [0.05, 0.1) is 14.2 Å². The number of piperidine rings is 1. The summed E-state index contributed by atoms with van der Waals surface area (Å²) in [5.74, 6) is 2.55. The van der Waals surface area contributed by atoms with Crippen LogP contribution in [-0.4, -0.2) is 25.7 Å². The third-order valence-electron chi connectivity index (χ3n) is 5.24. The first-order chi connectivity index (χ1) is 11.3. The van der Waals surface area contributed by atoms with Crippen LogP contribution in [0.5, 0.6) is 11.5 Å². The molecule has 0 amide bonds. The Morgan fingerprint density at radius 3 is 2.61 bits per heavy atom. The number of benzene rings is 1. The predicted octanol–water partition coefficient (Wildman–Crippen LogP) is 3.29. The van der Waals surface area contributed by atoms with Gasteiger partial charge in [0.2, 0.25) is 0 Å². The van der Waals surface area contributed by atoms with Crippen molar-refractivity contribution in [3.63, 3.8) is 0 Å². The maximum atomic E-state index is 5.54. The summed E-state index contributed by atoms with van der Waals surface area (Å²) in [6.07, 6.45) is 6.30. The molecule has 1 N–H and O–H groups in total. The lowest BCUT2D eigenvalue weighted by atomic mass is 9.81. The van der Waals surface area contributed by atoms with Gasteiger partial charge < -0.3 is 14.8 Å². The zero-order chi connectivity index (χ0) is 15.8. The molecule has 120 valence electrons. The van der Waals surface area contributed by atoms with Crippen LogP contribution in [0.4, 0.5) is 0 Å². The van der Waals surface area contributed by atoms with Crippen LogP contribution in [0.3, 0.4) is 0 Å². The summed E-state index contributed by atoms with van der Waals surface area (Å²) in [7, 11) is 3.40. The highest BCUT2D eigenvalue weighted by atomic mass is 16.5. The van der Waals surface area contributed by atoms with Crippen molar-refractivity contribution < 1.29 is 9.47 Å². The molecule has 0 saturated carbocycles. The molecular formula is C19H22N2O2. The molecule has 2 aromatic rings. The van der Waals surface area contributed by atoms with Crippen LogP contribution in [0.2, 0.25) is 0 Å². The number of rotatable bonds is 3. The number of hydrogen-bond donors (Lipinski definition) is 1. The molecule has 1 saturated heterocycles. The van der Waals surface area contributed by atoms with Crippen LogP contribution in [0.25, 0.3) is 0 Å². The first kappa shape index (κ1) is 14.5. The largest absolute Gasteiger partial charge is 0.493 e. The zero-order valence-corrected chi connectivity index (χ0v) is 13.6. The Morgan fingerprint density at radius 1 is 1.13 bits per heavy atom.